The van der Waals surface area contributed by atoms with Crippen LogP contribution in [0.4, 0.5) is 0 Å². The lowest BCUT2D eigenvalue weighted by atomic mass is 10.0. The van der Waals surface area contributed by atoms with Crippen molar-refractivity contribution in [3.8, 4) is 0 Å². The van der Waals surface area contributed by atoms with Gasteiger partial charge in [-0.05, 0) is 31.6 Å². The average Bonchev–Trinajstić information content (AvgIpc) is 3.00. The maximum Gasteiger partial charge on any atom is 0.279 e. The van der Waals surface area contributed by atoms with Gasteiger partial charge in [0.2, 0.25) is 0 Å². The molecule has 7 nitrogen and oxygen atoms in total. The summed E-state index contributed by atoms with van der Waals surface area (Å²) in [6.07, 6.45) is 8.78. The second kappa shape index (κ2) is 7.88. The second-order valence-electron chi connectivity index (χ2n) is 5.46. The molecule has 2 rings (SSSR count). The van der Waals surface area contributed by atoms with Gasteiger partial charge in [0.15, 0.2) is 0 Å². The molecule has 0 radical (unpaired) electrons. The molecule has 1 unspecified atom stereocenters. The van der Waals surface area contributed by atoms with Gasteiger partial charge in [-0.25, -0.2) is 9.71 Å². The summed E-state index contributed by atoms with van der Waals surface area (Å²) in [6, 6.07) is 0. The van der Waals surface area contributed by atoms with Crippen LogP contribution in [0.25, 0.3) is 0 Å². The number of nitrogens with zero attached hydrogens (tertiary/aromatic N) is 3. The van der Waals surface area contributed by atoms with E-state index in [9.17, 15) is 8.42 Å². The van der Waals surface area contributed by atoms with Crippen molar-refractivity contribution in [2.24, 2.45) is 5.92 Å². The number of nitrogens with one attached hydrogen (secondary N) is 1. The van der Waals surface area contributed by atoms with Gasteiger partial charge in [-0.15, -0.1) is 0 Å². The molecule has 0 bridgehead atoms. The molecule has 120 valence electrons. The van der Waals surface area contributed by atoms with E-state index < -0.39 is 10.2 Å². The van der Waals surface area contributed by atoms with E-state index in [0.29, 0.717) is 19.6 Å². The molecule has 21 heavy (non-hydrogen) atoms. The first kappa shape index (κ1) is 16.4. The van der Waals surface area contributed by atoms with E-state index in [1.807, 2.05) is 10.8 Å². The van der Waals surface area contributed by atoms with Crippen LogP contribution in [-0.2, 0) is 16.8 Å². The van der Waals surface area contributed by atoms with Gasteiger partial charge in [-0.1, -0.05) is 0 Å². The molecule has 2 N–H and O–H groups in total. The van der Waals surface area contributed by atoms with Crippen LogP contribution in [0, 0.1) is 5.92 Å². The Bertz CT molecular complexity index is 503. The summed E-state index contributed by atoms with van der Waals surface area (Å²) in [5.41, 5.74) is 0. The monoisotopic (exact) mass is 316 g/mol. The predicted octanol–water partition coefficient (Wildman–Crippen LogP) is 0.202. The second-order valence-corrected chi connectivity index (χ2v) is 7.21. The van der Waals surface area contributed by atoms with Crippen molar-refractivity contribution in [3.05, 3.63) is 18.7 Å². The lowest BCUT2D eigenvalue weighted by Crippen LogP contribution is -2.46. The van der Waals surface area contributed by atoms with E-state index in [1.165, 1.54) is 4.31 Å². The van der Waals surface area contributed by atoms with Gasteiger partial charge in [0.25, 0.3) is 10.2 Å². The van der Waals surface area contributed by atoms with Gasteiger partial charge >= 0.3 is 0 Å². The van der Waals surface area contributed by atoms with Gasteiger partial charge in [0.1, 0.15) is 0 Å². The van der Waals surface area contributed by atoms with Crippen LogP contribution in [0.3, 0.4) is 0 Å². The lowest BCUT2D eigenvalue weighted by Gasteiger charge is -2.30. The Morgan fingerprint density at radius 2 is 2.24 bits per heavy atom. The standard InChI is InChI=1S/C13H24N4O3S/c18-11-13-4-3-8-17(10-13)21(19,20)15-5-1-2-7-16-9-6-14-12-16/h6,9,12-13,15,18H,1-5,7-8,10-11H2. The topological polar surface area (TPSA) is 87.5 Å². The van der Waals surface area contributed by atoms with E-state index in [4.69, 9.17) is 5.11 Å². The summed E-state index contributed by atoms with van der Waals surface area (Å²) in [5, 5.41) is 9.16. The van der Waals surface area contributed by atoms with Crippen LogP contribution in [-0.4, -0.2) is 53.6 Å². The van der Waals surface area contributed by atoms with Crippen molar-refractivity contribution in [2.45, 2.75) is 32.2 Å². The third-order valence-corrected chi connectivity index (χ3v) is 5.35. The molecular weight excluding hydrogens is 292 g/mol. The van der Waals surface area contributed by atoms with Gasteiger partial charge in [0, 0.05) is 45.2 Å². The molecule has 2 heterocycles. The number of piperidine rings is 1. The largest absolute Gasteiger partial charge is 0.396 e. The van der Waals surface area contributed by atoms with Crippen molar-refractivity contribution in [1.29, 1.82) is 0 Å². The number of aliphatic hydroxyl groups is 1. The summed E-state index contributed by atoms with van der Waals surface area (Å²) in [7, 11) is -3.41. The number of hydrogen-bond acceptors (Lipinski definition) is 4. The highest BCUT2D eigenvalue weighted by Gasteiger charge is 2.27. The number of unbranched alkanes of at least 4 members (excludes halogenated alkanes) is 1. The summed E-state index contributed by atoms with van der Waals surface area (Å²) < 4.78 is 30.4. The number of aromatic nitrogens is 2. The maximum absolute atomic E-state index is 12.2. The molecule has 0 aromatic carbocycles. The third-order valence-electron chi connectivity index (χ3n) is 3.77. The Balaban J connectivity index is 1.68. The Morgan fingerprint density at radius 1 is 1.38 bits per heavy atom. The minimum absolute atomic E-state index is 0.0525. The first-order chi connectivity index (χ1) is 10.1. The van der Waals surface area contributed by atoms with Crippen LogP contribution >= 0.6 is 0 Å². The molecule has 1 aromatic heterocycles. The predicted molar refractivity (Wildman–Crippen MR) is 79.8 cm³/mol. The van der Waals surface area contributed by atoms with Gasteiger partial charge in [-0.2, -0.15) is 12.7 Å². The molecule has 0 amide bonds. The first-order valence-corrected chi connectivity index (χ1v) is 8.87. The number of aliphatic hydroxyl groups excluding tert-OH is 1. The van der Waals surface area contributed by atoms with E-state index in [2.05, 4.69) is 9.71 Å². The SMILES string of the molecule is O=S(=O)(NCCCCn1ccnc1)N1CCCC(CO)C1. The minimum atomic E-state index is -3.41. The van der Waals surface area contributed by atoms with Crippen molar-refractivity contribution in [2.75, 3.05) is 26.2 Å². The minimum Gasteiger partial charge on any atom is -0.396 e. The summed E-state index contributed by atoms with van der Waals surface area (Å²) in [6.45, 7) is 2.30. The zero-order chi connectivity index (χ0) is 15.1. The Morgan fingerprint density at radius 3 is 2.95 bits per heavy atom. The van der Waals surface area contributed by atoms with Gasteiger partial charge in [-0.3, -0.25) is 0 Å². The zero-order valence-electron chi connectivity index (χ0n) is 12.2. The molecular formula is C13H24N4O3S. The Labute approximate surface area is 126 Å². The smallest absolute Gasteiger partial charge is 0.279 e. The fourth-order valence-corrected chi connectivity index (χ4v) is 3.89. The van der Waals surface area contributed by atoms with Crippen molar-refractivity contribution >= 4 is 10.2 Å². The molecule has 0 spiro atoms. The summed E-state index contributed by atoms with van der Waals surface area (Å²) >= 11 is 0. The van der Waals surface area contributed by atoms with Crippen LogP contribution in [0.15, 0.2) is 18.7 Å². The fraction of sp³-hybridized carbons (Fsp3) is 0.769. The van der Waals surface area contributed by atoms with Crippen LogP contribution < -0.4 is 4.72 Å². The number of aryl methyl sites for hydroxylation is 1. The first-order valence-electron chi connectivity index (χ1n) is 7.43. The molecule has 0 aliphatic carbocycles. The van der Waals surface area contributed by atoms with Crippen LogP contribution in [0.2, 0.25) is 0 Å². The maximum atomic E-state index is 12.2. The van der Waals surface area contributed by atoms with Gasteiger partial charge in [0.05, 0.1) is 6.33 Å². The average molecular weight is 316 g/mol. The van der Waals surface area contributed by atoms with Crippen LogP contribution in [0.5, 0.6) is 0 Å². The highest BCUT2D eigenvalue weighted by molar-refractivity contribution is 7.87. The molecule has 1 atom stereocenters. The molecule has 8 heteroatoms. The van der Waals surface area contributed by atoms with E-state index in [0.717, 1.165) is 32.2 Å². The third kappa shape index (κ3) is 5.06. The number of imidazole rings is 1. The number of rotatable bonds is 8. The highest BCUT2D eigenvalue weighted by atomic mass is 32.2. The Kier molecular flexibility index (Phi) is 6.16. The fourth-order valence-electron chi connectivity index (χ4n) is 2.53. The Hall–Kier alpha value is -0.960. The zero-order valence-corrected chi connectivity index (χ0v) is 13.0. The molecule has 1 saturated heterocycles. The molecule has 1 aliphatic heterocycles. The quantitative estimate of drug-likeness (QED) is 0.671. The lowest BCUT2D eigenvalue weighted by molar-refractivity contribution is 0.165. The summed E-state index contributed by atoms with van der Waals surface area (Å²) in [4.78, 5) is 3.96. The highest BCUT2D eigenvalue weighted by Crippen LogP contribution is 2.17. The summed E-state index contributed by atoms with van der Waals surface area (Å²) in [5.74, 6) is 0.0663. The molecule has 0 saturated carbocycles. The van der Waals surface area contributed by atoms with E-state index in [-0.39, 0.29) is 12.5 Å². The molecule has 1 aromatic rings. The molecule has 1 fully saturated rings. The van der Waals surface area contributed by atoms with Crippen molar-refractivity contribution < 1.29 is 13.5 Å². The van der Waals surface area contributed by atoms with Gasteiger partial charge < -0.3 is 9.67 Å². The van der Waals surface area contributed by atoms with Crippen molar-refractivity contribution in [1.82, 2.24) is 18.6 Å². The van der Waals surface area contributed by atoms with E-state index in [1.54, 1.807) is 12.5 Å². The van der Waals surface area contributed by atoms with E-state index >= 15 is 0 Å². The van der Waals surface area contributed by atoms with Crippen molar-refractivity contribution in [3.63, 3.8) is 0 Å². The normalized spacial score (nSPS) is 20.7. The van der Waals surface area contributed by atoms with Crippen LogP contribution in [0.1, 0.15) is 25.7 Å². The molecule has 1 aliphatic rings. The number of hydrogen-bond donors (Lipinski definition) is 2.